The highest BCUT2D eigenvalue weighted by molar-refractivity contribution is 5.89. The van der Waals surface area contributed by atoms with Crippen molar-refractivity contribution >= 4 is 11.8 Å². The van der Waals surface area contributed by atoms with E-state index in [2.05, 4.69) is 5.32 Å². The van der Waals surface area contributed by atoms with Crippen molar-refractivity contribution in [2.75, 3.05) is 13.1 Å². The number of benzene rings is 1. The molecule has 1 aliphatic heterocycles. The molecule has 0 unspecified atom stereocenters. The van der Waals surface area contributed by atoms with Gasteiger partial charge in [-0.05, 0) is 64.2 Å². The first-order valence-corrected chi connectivity index (χ1v) is 10.1. The molecule has 1 saturated carbocycles. The van der Waals surface area contributed by atoms with E-state index in [0.29, 0.717) is 13.1 Å². The number of nitrogens with zero attached hydrogens (tertiary/aromatic N) is 1. The van der Waals surface area contributed by atoms with E-state index >= 15 is 0 Å². The molecule has 1 aromatic carbocycles. The maximum absolute atomic E-state index is 13.3. The third-order valence-corrected chi connectivity index (χ3v) is 6.32. The number of carbonyl (C=O) groups is 2. The molecule has 27 heavy (non-hydrogen) atoms. The predicted octanol–water partition coefficient (Wildman–Crippen LogP) is 3.79. The van der Waals surface area contributed by atoms with Gasteiger partial charge in [-0.3, -0.25) is 9.59 Å². The molecule has 1 aromatic rings. The first kappa shape index (κ1) is 19.8. The fourth-order valence-corrected chi connectivity index (χ4v) is 4.41. The highest BCUT2D eigenvalue weighted by Gasteiger charge is 2.43. The van der Waals surface area contributed by atoms with Gasteiger partial charge >= 0.3 is 0 Å². The molecule has 0 bridgehead atoms. The molecular weight excluding hydrogens is 343 g/mol. The second kappa shape index (κ2) is 7.61. The maximum Gasteiger partial charge on any atom is 0.232 e. The number of hydrogen-bond acceptors (Lipinski definition) is 2. The average Bonchev–Trinajstić information content (AvgIpc) is 3.14. The minimum absolute atomic E-state index is 0.00583. The SMILES string of the molecule is CC(C)(C(=O)N1CCC[C@@](C)(C(=O)NC2CCCC2)C1)c1ccc(F)cc1. The van der Waals surface area contributed by atoms with Crippen LogP contribution < -0.4 is 5.32 Å². The van der Waals surface area contributed by atoms with Crippen LogP contribution in [0.3, 0.4) is 0 Å². The zero-order chi connectivity index (χ0) is 19.7. The van der Waals surface area contributed by atoms with Crippen molar-refractivity contribution in [3.63, 3.8) is 0 Å². The Hall–Kier alpha value is -1.91. The Bertz CT molecular complexity index is 695. The fraction of sp³-hybridized carbons (Fsp3) is 0.636. The van der Waals surface area contributed by atoms with Gasteiger partial charge in [-0.1, -0.05) is 25.0 Å². The van der Waals surface area contributed by atoms with Crippen molar-refractivity contribution in [1.29, 1.82) is 0 Å². The third kappa shape index (κ3) is 4.17. The van der Waals surface area contributed by atoms with E-state index in [9.17, 15) is 14.0 Å². The summed E-state index contributed by atoms with van der Waals surface area (Å²) in [7, 11) is 0. The largest absolute Gasteiger partial charge is 0.353 e. The molecule has 1 heterocycles. The van der Waals surface area contributed by atoms with Gasteiger partial charge in [-0.25, -0.2) is 4.39 Å². The van der Waals surface area contributed by atoms with Crippen LogP contribution >= 0.6 is 0 Å². The van der Waals surface area contributed by atoms with Gasteiger partial charge in [-0.15, -0.1) is 0 Å². The minimum atomic E-state index is -0.756. The molecular formula is C22H31FN2O2. The summed E-state index contributed by atoms with van der Waals surface area (Å²) in [5.74, 6) is -0.240. The monoisotopic (exact) mass is 374 g/mol. The molecule has 2 aliphatic rings. The summed E-state index contributed by atoms with van der Waals surface area (Å²) in [5.41, 5.74) is -0.514. The molecule has 1 aliphatic carbocycles. The molecule has 0 aromatic heterocycles. The van der Waals surface area contributed by atoms with Crippen LogP contribution in [0.1, 0.15) is 64.9 Å². The molecule has 3 rings (SSSR count). The number of carbonyl (C=O) groups excluding carboxylic acids is 2. The summed E-state index contributed by atoms with van der Waals surface area (Å²) in [6, 6.07) is 6.40. The number of hydrogen-bond donors (Lipinski definition) is 1. The Morgan fingerprint density at radius 3 is 2.41 bits per heavy atom. The van der Waals surface area contributed by atoms with E-state index < -0.39 is 10.8 Å². The second-order valence-electron chi connectivity index (χ2n) is 8.98. The van der Waals surface area contributed by atoms with Crippen LogP contribution in [0.2, 0.25) is 0 Å². The van der Waals surface area contributed by atoms with Gasteiger partial charge in [0, 0.05) is 19.1 Å². The van der Waals surface area contributed by atoms with Crippen LogP contribution in [0.25, 0.3) is 0 Å². The Morgan fingerprint density at radius 1 is 1.15 bits per heavy atom. The molecule has 0 radical (unpaired) electrons. The summed E-state index contributed by atoms with van der Waals surface area (Å²) >= 11 is 0. The lowest BCUT2D eigenvalue weighted by Gasteiger charge is -2.42. The van der Waals surface area contributed by atoms with Crippen LogP contribution in [0.4, 0.5) is 4.39 Å². The zero-order valence-electron chi connectivity index (χ0n) is 16.7. The number of likely N-dealkylation sites (tertiary alicyclic amines) is 1. The summed E-state index contributed by atoms with van der Waals surface area (Å²) in [5, 5.41) is 3.21. The zero-order valence-corrected chi connectivity index (χ0v) is 16.7. The van der Waals surface area contributed by atoms with E-state index in [-0.39, 0.29) is 23.7 Å². The summed E-state index contributed by atoms with van der Waals surface area (Å²) in [6.07, 6.45) is 6.09. The first-order valence-electron chi connectivity index (χ1n) is 10.1. The lowest BCUT2D eigenvalue weighted by atomic mass is 9.78. The van der Waals surface area contributed by atoms with Crippen LogP contribution in [0, 0.1) is 11.2 Å². The lowest BCUT2D eigenvalue weighted by Crippen LogP contribution is -2.56. The van der Waals surface area contributed by atoms with E-state index in [0.717, 1.165) is 31.2 Å². The summed E-state index contributed by atoms with van der Waals surface area (Å²) in [6.45, 7) is 6.81. The fourth-order valence-electron chi connectivity index (χ4n) is 4.41. The molecule has 1 atom stereocenters. The van der Waals surface area contributed by atoms with Crippen molar-refractivity contribution < 1.29 is 14.0 Å². The van der Waals surface area contributed by atoms with E-state index in [1.165, 1.54) is 25.0 Å². The van der Waals surface area contributed by atoms with Crippen molar-refractivity contribution in [2.24, 2.45) is 5.41 Å². The molecule has 148 valence electrons. The van der Waals surface area contributed by atoms with Crippen molar-refractivity contribution in [3.05, 3.63) is 35.6 Å². The maximum atomic E-state index is 13.3. The molecule has 2 fully saturated rings. The lowest BCUT2D eigenvalue weighted by molar-refractivity contribution is -0.144. The standard InChI is InChI=1S/C22H31FN2O2/c1-21(2,16-9-11-17(23)12-10-16)20(27)25-14-6-13-22(3,15-25)19(26)24-18-7-4-5-8-18/h9-12,18H,4-8,13-15H2,1-3H3,(H,24,26)/t22-/m1/s1. The topological polar surface area (TPSA) is 49.4 Å². The highest BCUT2D eigenvalue weighted by atomic mass is 19.1. The van der Waals surface area contributed by atoms with E-state index in [4.69, 9.17) is 0 Å². The first-order chi connectivity index (χ1) is 12.7. The third-order valence-electron chi connectivity index (χ3n) is 6.32. The normalized spacial score (nSPS) is 24.1. The molecule has 4 nitrogen and oxygen atoms in total. The number of nitrogens with one attached hydrogen (secondary N) is 1. The Morgan fingerprint density at radius 2 is 1.78 bits per heavy atom. The number of piperidine rings is 1. The van der Waals surface area contributed by atoms with Gasteiger partial charge in [-0.2, -0.15) is 0 Å². The number of halogens is 1. The quantitative estimate of drug-likeness (QED) is 0.872. The van der Waals surface area contributed by atoms with Gasteiger partial charge in [0.1, 0.15) is 5.82 Å². The van der Waals surface area contributed by atoms with Gasteiger partial charge in [0.2, 0.25) is 11.8 Å². The molecule has 1 saturated heterocycles. The molecule has 0 spiro atoms. The summed E-state index contributed by atoms with van der Waals surface area (Å²) < 4.78 is 13.2. The van der Waals surface area contributed by atoms with Gasteiger partial charge in [0.25, 0.3) is 0 Å². The van der Waals surface area contributed by atoms with Crippen LogP contribution in [0.15, 0.2) is 24.3 Å². The van der Waals surface area contributed by atoms with Crippen molar-refractivity contribution in [2.45, 2.75) is 70.8 Å². The van der Waals surface area contributed by atoms with Crippen molar-refractivity contribution in [1.82, 2.24) is 10.2 Å². The van der Waals surface area contributed by atoms with Crippen LogP contribution in [-0.2, 0) is 15.0 Å². The minimum Gasteiger partial charge on any atom is -0.353 e. The van der Waals surface area contributed by atoms with Gasteiger partial charge in [0.05, 0.1) is 10.8 Å². The highest BCUT2D eigenvalue weighted by Crippen LogP contribution is 2.34. The number of rotatable bonds is 4. The smallest absolute Gasteiger partial charge is 0.232 e. The van der Waals surface area contributed by atoms with Gasteiger partial charge in [0.15, 0.2) is 0 Å². The molecule has 2 amide bonds. The van der Waals surface area contributed by atoms with Crippen molar-refractivity contribution in [3.8, 4) is 0 Å². The number of amides is 2. The molecule has 5 heteroatoms. The average molecular weight is 375 g/mol. The molecule has 1 N–H and O–H groups in total. The Kier molecular flexibility index (Phi) is 5.59. The van der Waals surface area contributed by atoms with E-state index in [1.54, 1.807) is 12.1 Å². The van der Waals surface area contributed by atoms with Crippen LogP contribution in [0.5, 0.6) is 0 Å². The van der Waals surface area contributed by atoms with Gasteiger partial charge < -0.3 is 10.2 Å². The van der Waals surface area contributed by atoms with Crippen LogP contribution in [-0.4, -0.2) is 35.8 Å². The Balaban J connectivity index is 1.71. The second-order valence-corrected chi connectivity index (χ2v) is 8.98. The Labute approximate surface area is 161 Å². The predicted molar refractivity (Wildman–Crippen MR) is 104 cm³/mol. The summed E-state index contributed by atoms with van der Waals surface area (Å²) in [4.78, 5) is 28.0. The van der Waals surface area contributed by atoms with E-state index in [1.807, 2.05) is 25.7 Å².